The largest absolute Gasteiger partial charge is 0.485 e. The number of nitrogens with one attached hydrogen (secondary N) is 1. The van der Waals surface area contributed by atoms with Crippen LogP contribution < -0.4 is 10.1 Å². The molecule has 1 heterocycles. The van der Waals surface area contributed by atoms with E-state index in [1.165, 1.54) is 0 Å². The van der Waals surface area contributed by atoms with Crippen LogP contribution in [0.25, 0.3) is 0 Å². The van der Waals surface area contributed by atoms with Crippen molar-refractivity contribution in [2.45, 2.75) is 32.9 Å². The van der Waals surface area contributed by atoms with Gasteiger partial charge in [-0.25, -0.2) is 4.39 Å². The molecule has 3 nitrogen and oxygen atoms in total. The first-order valence-corrected chi connectivity index (χ1v) is 6.39. The fourth-order valence-electron chi connectivity index (χ4n) is 1.99. The van der Waals surface area contributed by atoms with Gasteiger partial charge >= 0.3 is 0 Å². The van der Waals surface area contributed by atoms with Gasteiger partial charge in [-0.15, -0.1) is 0 Å². The lowest BCUT2D eigenvalue weighted by Crippen LogP contribution is -2.39. The third kappa shape index (κ3) is 2.82. The van der Waals surface area contributed by atoms with Crippen LogP contribution in [0.1, 0.15) is 31.0 Å². The summed E-state index contributed by atoms with van der Waals surface area (Å²) in [7, 11) is 0. The van der Waals surface area contributed by atoms with Crippen molar-refractivity contribution >= 4 is 0 Å². The Labute approximate surface area is 107 Å². The fraction of sp³-hybridized carbons (Fsp3) is 0.571. The normalized spacial score (nSPS) is 17.3. The Hall–Kier alpha value is -1.13. The van der Waals surface area contributed by atoms with E-state index < -0.39 is 0 Å². The maximum atomic E-state index is 13.7. The minimum atomic E-state index is -0.188. The lowest BCUT2D eigenvalue weighted by atomic mass is 10.0. The SMILES string of the molecule is CCNC(C)c1cc(F)c(C)cc1OC1COC1. The van der Waals surface area contributed by atoms with Gasteiger partial charge in [0.1, 0.15) is 17.7 Å². The molecule has 1 N–H and O–H groups in total. The van der Waals surface area contributed by atoms with Crippen LogP contribution >= 0.6 is 0 Å². The third-order valence-electron chi connectivity index (χ3n) is 3.17. The highest BCUT2D eigenvalue weighted by molar-refractivity contribution is 5.40. The van der Waals surface area contributed by atoms with Crippen molar-refractivity contribution in [1.29, 1.82) is 0 Å². The van der Waals surface area contributed by atoms with E-state index in [4.69, 9.17) is 9.47 Å². The summed E-state index contributed by atoms with van der Waals surface area (Å²) < 4.78 is 24.6. The molecule has 1 aliphatic rings. The molecule has 1 fully saturated rings. The van der Waals surface area contributed by atoms with Crippen LogP contribution in [0.15, 0.2) is 12.1 Å². The first kappa shape index (κ1) is 13.3. The third-order valence-corrected chi connectivity index (χ3v) is 3.17. The van der Waals surface area contributed by atoms with Gasteiger partial charge in [-0.05, 0) is 38.1 Å². The van der Waals surface area contributed by atoms with Crippen LogP contribution in [0.5, 0.6) is 5.75 Å². The molecule has 18 heavy (non-hydrogen) atoms. The first-order valence-electron chi connectivity index (χ1n) is 6.39. The summed E-state index contributed by atoms with van der Waals surface area (Å²) in [6.07, 6.45) is 0.0995. The first-order chi connectivity index (χ1) is 8.61. The minimum Gasteiger partial charge on any atom is -0.485 e. The second-order valence-corrected chi connectivity index (χ2v) is 4.70. The molecule has 2 rings (SSSR count). The quantitative estimate of drug-likeness (QED) is 0.875. The van der Waals surface area contributed by atoms with Crippen molar-refractivity contribution in [3.05, 3.63) is 29.1 Å². The molecule has 0 bridgehead atoms. The van der Waals surface area contributed by atoms with Gasteiger partial charge in [0.25, 0.3) is 0 Å². The topological polar surface area (TPSA) is 30.5 Å². The number of hydrogen-bond donors (Lipinski definition) is 1. The number of ether oxygens (including phenoxy) is 2. The summed E-state index contributed by atoms with van der Waals surface area (Å²) in [6, 6.07) is 3.41. The van der Waals surface area contributed by atoms with E-state index >= 15 is 0 Å². The van der Waals surface area contributed by atoms with E-state index in [2.05, 4.69) is 5.32 Å². The van der Waals surface area contributed by atoms with Crippen LogP contribution in [0.2, 0.25) is 0 Å². The van der Waals surface area contributed by atoms with Crippen LogP contribution in [0, 0.1) is 12.7 Å². The molecule has 0 aliphatic carbocycles. The number of aryl methyl sites for hydroxylation is 1. The number of halogens is 1. The molecule has 1 aromatic carbocycles. The van der Waals surface area contributed by atoms with Gasteiger partial charge in [0, 0.05) is 11.6 Å². The zero-order valence-electron chi connectivity index (χ0n) is 11.1. The fourth-order valence-corrected chi connectivity index (χ4v) is 1.99. The molecule has 0 aromatic heterocycles. The maximum Gasteiger partial charge on any atom is 0.145 e. The van der Waals surface area contributed by atoms with Crippen molar-refractivity contribution in [1.82, 2.24) is 5.32 Å². The van der Waals surface area contributed by atoms with Crippen molar-refractivity contribution in [2.24, 2.45) is 0 Å². The molecule has 0 spiro atoms. The molecular formula is C14H20FNO2. The summed E-state index contributed by atoms with van der Waals surface area (Å²) in [5.41, 5.74) is 1.48. The molecule has 1 saturated heterocycles. The summed E-state index contributed by atoms with van der Waals surface area (Å²) in [5.74, 6) is 0.572. The van der Waals surface area contributed by atoms with E-state index in [1.807, 2.05) is 13.8 Å². The van der Waals surface area contributed by atoms with Crippen molar-refractivity contribution in [3.63, 3.8) is 0 Å². The summed E-state index contributed by atoms with van der Waals surface area (Å²) in [4.78, 5) is 0. The zero-order valence-corrected chi connectivity index (χ0v) is 11.1. The monoisotopic (exact) mass is 253 g/mol. The second kappa shape index (κ2) is 5.67. The van der Waals surface area contributed by atoms with Crippen LogP contribution in [-0.2, 0) is 4.74 Å². The molecule has 0 saturated carbocycles. The molecule has 1 unspecified atom stereocenters. The number of benzene rings is 1. The predicted molar refractivity (Wildman–Crippen MR) is 68.5 cm³/mol. The Morgan fingerprint density at radius 3 is 2.78 bits per heavy atom. The Balaban J connectivity index is 2.25. The Bertz CT molecular complexity index is 419. The van der Waals surface area contributed by atoms with Gasteiger partial charge in [-0.2, -0.15) is 0 Å². The van der Waals surface area contributed by atoms with Gasteiger partial charge in [0.15, 0.2) is 0 Å². The average molecular weight is 253 g/mol. The molecule has 1 aliphatic heterocycles. The van der Waals surface area contributed by atoms with Crippen molar-refractivity contribution in [3.8, 4) is 5.75 Å². The van der Waals surface area contributed by atoms with Gasteiger partial charge in [0.2, 0.25) is 0 Å². The highest BCUT2D eigenvalue weighted by Crippen LogP contribution is 2.30. The molecule has 1 atom stereocenters. The highest BCUT2D eigenvalue weighted by atomic mass is 19.1. The molecule has 100 valence electrons. The summed E-state index contributed by atoms with van der Waals surface area (Å²) >= 11 is 0. The van der Waals surface area contributed by atoms with Crippen LogP contribution in [0.4, 0.5) is 4.39 Å². The minimum absolute atomic E-state index is 0.0705. The molecular weight excluding hydrogens is 233 g/mol. The standard InChI is InChI=1S/C14H20FNO2/c1-4-16-10(3)12-6-13(15)9(2)5-14(12)18-11-7-17-8-11/h5-6,10-11,16H,4,7-8H2,1-3H3. The lowest BCUT2D eigenvalue weighted by molar-refractivity contribution is -0.0801. The van der Waals surface area contributed by atoms with Crippen LogP contribution in [-0.4, -0.2) is 25.9 Å². The van der Waals surface area contributed by atoms with E-state index in [0.717, 1.165) is 17.9 Å². The Kier molecular flexibility index (Phi) is 4.19. The molecule has 4 heteroatoms. The second-order valence-electron chi connectivity index (χ2n) is 4.70. The highest BCUT2D eigenvalue weighted by Gasteiger charge is 2.23. The van der Waals surface area contributed by atoms with E-state index in [9.17, 15) is 4.39 Å². The van der Waals surface area contributed by atoms with Gasteiger partial charge in [-0.3, -0.25) is 0 Å². The smallest absolute Gasteiger partial charge is 0.145 e. The average Bonchev–Trinajstić information content (AvgIpc) is 2.28. The predicted octanol–water partition coefficient (Wildman–Crippen LogP) is 2.58. The van der Waals surface area contributed by atoms with Gasteiger partial charge in [-0.1, -0.05) is 6.92 Å². The van der Waals surface area contributed by atoms with E-state index in [0.29, 0.717) is 18.8 Å². The molecule has 0 amide bonds. The summed E-state index contributed by atoms with van der Waals surface area (Å²) in [5, 5.41) is 3.28. The zero-order chi connectivity index (χ0) is 13.1. The molecule has 1 aromatic rings. The van der Waals surface area contributed by atoms with E-state index in [1.54, 1.807) is 19.1 Å². The van der Waals surface area contributed by atoms with Gasteiger partial charge in [0.05, 0.1) is 13.2 Å². The van der Waals surface area contributed by atoms with Crippen molar-refractivity contribution in [2.75, 3.05) is 19.8 Å². The van der Waals surface area contributed by atoms with E-state index in [-0.39, 0.29) is 18.0 Å². The van der Waals surface area contributed by atoms with Crippen molar-refractivity contribution < 1.29 is 13.9 Å². The maximum absolute atomic E-state index is 13.7. The Morgan fingerprint density at radius 1 is 1.50 bits per heavy atom. The number of rotatable bonds is 5. The molecule has 0 radical (unpaired) electrons. The van der Waals surface area contributed by atoms with Crippen LogP contribution in [0.3, 0.4) is 0 Å². The van der Waals surface area contributed by atoms with Gasteiger partial charge < -0.3 is 14.8 Å². The number of hydrogen-bond acceptors (Lipinski definition) is 3. The summed E-state index contributed by atoms with van der Waals surface area (Å²) in [6.45, 7) is 7.86. The Morgan fingerprint density at radius 2 is 2.22 bits per heavy atom. The lowest BCUT2D eigenvalue weighted by Gasteiger charge is -2.29.